The molecule has 2 aromatic heterocycles. The zero-order chi connectivity index (χ0) is 23.5. The molecule has 2 aliphatic rings. The number of carbonyl (C=O) groups is 2. The van der Waals surface area contributed by atoms with Gasteiger partial charge in [-0.2, -0.15) is 0 Å². The van der Waals surface area contributed by atoms with Crippen molar-refractivity contribution in [2.45, 2.75) is 38.6 Å². The largest absolute Gasteiger partial charge is 0.365 e. The van der Waals surface area contributed by atoms with Crippen molar-refractivity contribution in [3.63, 3.8) is 0 Å². The molecule has 0 spiro atoms. The van der Waals surface area contributed by atoms with Crippen molar-refractivity contribution in [3.05, 3.63) is 83.5 Å². The number of halogens is 1. The zero-order valence-electron chi connectivity index (χ0n) is 18.7. The Balaban J connectivity index is 1.16. The number of fused-ring (bicyclic) bond motifs is 1. The van der Waals surface area contributed by atoms with Gasteiger partial charge in [-0.25, -0.2) is 9.37 Å². The van der Waals surface area contributed by atoms with Gasteiger partial charge in [-0.1, -0.05) is 12.1 Å². The fraction of sp³-hybridized carbons (Fsp3) is 0.360. The van der Waals surface area contributed by atoms with E-state index in [1.54, 1.807) is 35.8 Å². The van der Waals surface area contributed by atoms with E-state index >= 15 is 0 Å². The number of benzene rings is 1. The fourth-order valence-electron chi connectivity index (χ4n) is 4.51. The third kappa shape index (κ3) is 4.70. The minimum atomic E-state index is -0.286. The van der Waals surface area contributed by atoms with Gasteiger partial charge in [-0.05, 0) is 48.2 Å². The number of nitrogens with one attached hydrogen (secondary N) is 1. The number of aromatic nitrogens is 3. The van der Waals surface area contributed by atoms with Crippen LogP contribution in [-0.4, -0.2) is 44.3 Å². The number of imidazole rings is 1. The Bertz CT molecular complexity index is 1160. The molecule has 1 saturated heterocycles. The van der Waals surface area contributed by atoms with Gasteiger partial charge in [0, 0.05) is 37.9 Å². The quantitative estimate of drug-likeness (QED) is 0.629. The van der Waals surface area contributed by atoms with Crippen LogP contribution < -0.4 is 5.32 Å². The van der Waals surface area contributed by atoms with Crippen molar-refractivity contribution in [3.8, 4) is 0 Å². The Morgan fingerprint density at radius 1 is 1.09 bits per heavy atom. The molecule has 8 nitrogen and oxygen atoms in total. The lowest BCUT2D eigenvalue weighted by atomic mass is 9.95. The van der Waals surface area contributed by atoms with E-state index in [1.807, 2.05) is 16.7 Å². The summed E-state index contributed by atoms with van der Waals surface area (Å²) < 4.78 is 21.1. The number of rotatable bonds is 5. The van der Waals surface area contributed by atoms with E-state index in [0.717, 1.165) is 16.8 Å². The van der Waals surface area contributed by atoms with Crippen LogP contribution in [0.5, 0.6) is 0 Å². The number of ether oxygens (including phenoxy) is 1. The summed E-state index contributed by atoms with van der Waals surface area (Å²) in [7, 11) is 0. The molecule has 0 radical (unpaired) electrons. The highest BCUT2D eigenvalue weighted by atomic mass is 19.1. The number of piperidine rings is 1. The molecule has 3 aromatic rings. The Kier molecular flexibility index (Phi) is 6.35. The van der Waals surface area contributed by atoms with E-state index in [1.165, 1.54) is 12.1 Å². The van der Waals surface area contributed by atoms with Crippen LogP contribution in [0.2, 0.25) is 0 Å². The van der Waals surface area contributed by atoms with Crippen LogP contribution in [0.1, 0.15) is 46.3 Å². The topological polar surface area (TPSA) is 89.4 Å². The van der Waals surface area contributed by atoms with E-state index in [4.69, 9.17) is 4.74 Å². The average Bonchev–Trinajstić information content (AvgIpc) is 3.31. The second-order valence-electron chi connectivity index (χ2n) is 8.68. The average molecular weight is 464 g/mol. The first-order chi connectivity index (χ1) is 16.6. The molecule has 0 bridgehead atoms. The lowest BCUT2D eigenvalue weighted by Gasteiger charge is -2.31. The second kappa shape index (κ2) is 9.72. The van der Waals surface area contributed by atoms with Gasteiger partial charge in [0.1, 0.15) is 11.9 Å². The number of likely N-dealkylation sites (tertiary alicyclic amines) is 1. The highest BCUT2D eigenvalue weighted by Gasteiger charge is 2.32. The molecule has 1 fully saturated rings. The molecule has 2 amide bonds. The first kappa shape index (κ1) is 22.2. The molecule has 2 aliphatic heterocycles. The summed E-state index contributed by atoms with van der Waals surface area (Å²) in [5, 5.41) is 2.98. The smallest absolute Gasteiger partial charge is 0.274 e. The molecule has 1 N–H and O–H groups in total. The van der Waals surface area contributed by atoms with E-state index in [9.17, 15) is 14.0 Å². The van der Waals surface area contributed by atoms with Gasteiger partial charge in [0.05, 0.1) is 25.2 Å². The SMILES string of the molecule is O=C(NCc1ccncc1)C1CCN(C(=O)c2ncn3c2CO[C@@H](c2ccc(F)cc2)C3)CC1. The number of pyridine rings is 1. The number of hydrogen-bond acceptors (Lipinski definition) is 5. The summed E-state index contributed by atoms with van der Waals surface area (Å²) in [4.78, 5) is 35.8. The molecule has 34 heavy (non-hydrogen) atoms. The summed E-state index contributed by atoms with van der Waals surface area (Å²) in [5.74, 6) is -0.510. The maximum Gasteiger partial charge on any atom is 0.274 e. The van der Waals surface area contributed by atoms with Gasteiger partial charge in [-0.15, -0.1) is 0 Å². The van der Waals surface area contributed by atoms with Gasteiger partial charge >= 0.3 is 0 Å². The maximum absolute atomic E-state index is 13.2. The lowest BCUT2D eigenvalue weighted by molar-refractivity contribution is -0.126. The third-order valence-electron chi connectivity index (χ3n) is 6.54. The number of amides is 2. The number of nitrogens with zero attached hydrogens (tertiary/aromatic N) is 4. The molecule has 5 rings (SSSR count). The Labute approximate surface area is 196 Å². The van der Waals surface area contributed by atoms with Crippen LogP contribution in [0.15, 0.2) is 55.1 Å². The Morgan fingerprint density at radius 2 is 1.82 bits per heavy atom. The lowest BCUT2D eigenvalue weighted by Crippen LogP contribution is -2.43. The van der Waals surface area contributed by atoms with E-state index in [-0.39, 0.29) is 36.3 Å². The van der Waals surface area contributed by atoms with Crippen molar-refractivity contribution in [2.75, 3.05) is 13.1 Å². The molecule has 0 unspecified atom stereocenters. The highest BCUT2D eigenvalue weighted by Crippen LogP contribution is 2.29. The first-order valence-corrected chi connectivity index (χ1v) is 11.5. The standard InChI is InChI=1S/C25H26FN5O3/c26-20-3-1-18(2-4-20)22-14-31-16-29-23(21(31)15-34-22)25(33)30-11-7-19(8-12-30)24(32)28-13-17-5-9-27-10-6-17/h1-6,9-10,16,19,22H,7-8,11-15H2,(H,28,32)/t22-/m1/s1. The van der Waals surface area contributed by atoms with Crippen molar-refractivity contribution in [1.29, 1.82) is 0 Å². The predicted molar refractivity (Wildman–Crippen MR) is 121 cm³/mol. The van der Waals surface area contributed by atoms with Crippen molar-refractivity contribution in [1.82, 2.24) is 24.8 Å². The first-order valence-electron chi connectivity index (χ1n) is 11.5. The van der Waals surface area contributed by atoms with Gasteiger partial charge in [0.15, 0.2) is 5.69 Å². The molecule has 0 saturated carbocycles. The van der Waals surface area contributed by atoms with Crippen molar-refractivity contribution < 1.29 is 18.7 Å². The van der Waals surface area contributed by atoms with Gasteiger partial charge in [-0.3, -0.25) is 14.6 Å². The summed E-state index contributed by atoms with van der Waals surface area (Å²) in [6.45, 7) is 2.27. The summed E-state index contributed by atoms with van der Waals surface area (Å²) >= 11 is 0. The molecule has 1 aromatic carbocycles. The highest BCUT2D eigenvalue weighted by molar-refractivity contribution is 5.93. The van der Waals surface area contributed by atoms with Crippen LogP contribution in [0, 0.1) is 11.7 Å². The Morgan fingerprint density at radius 3 is 2.56 bits per heavy atom. The number of carbonyl (C=O) groups excluding carboxylic acids is 2. The molecular formula is C25H26FN5O3. The van der Waals surface area contributed by atoms with Gasteiger partial charge in [0.2, 0.25) is 5.91 Å². The van der Waals surface area contributed by atoms with Crippen molar-refractivity contribution in [2.24, 2.45) is 5.92 Å². The number of hydrogen-bond donors (Lipinski definition) is 1. The minimum Gasteiger partial charge on any atom is -0.365 e. The maximum atomic E-state index is 13.2. The van der Waals surface area contributed by atoms with Crippen LogP contribution >= 0.6 is 0 Å². The molecule has 176 valence electrons. The van der Waals surface area contributed by atoms with Crippen LogP contribution in [0.25, 0.3) is 0 Å². The van der Waals surface area contributed by atoms with Crippen LogP contribution in [-0.2, 0) is 29.2 Å². The van der Waals surface area contributed by atoms with Gasteiger partial charge in [0.25, 0.3) is 5.91 Å². The van der Waals surface area contributed by atoms with Gasteiger partial charge < -0.3 is 19.5 Å². The summed E-state index contributed by atoms with van der Waals surface area (Å²) in [6, 6.07) is 10.0. The van der Waals surface area contributed by atoms with E-state index in [0.29, 0.717) is 44.7 Å². The molecule has 1 atom stereocenters. The monoisotopic (exact) mass is 463 g/mol. The van der Waals surface area contributed by atoms with Crippen LogP contribution in [0.4, 0.5) is 4.39 Å². The fourth-order valence-corrected chi connectivity index (χ4v) is 4.51. The minimum absolute atomic E-state index is 0.0171. The Hall–Kier alpha value is -3.59. The molecule has 0 aliphatic carbocycles. The molecule has 9 heteroatoms. The van der Waals surface area contributed by atoms with E-state index < -0.39 is 0 Å². The third-order valence-corrected chi connectivity index (χ3v) is 6.54. The van der Waals surface area contributed by atoms with Crippen molar-refractivity contribution >= 4 is 11.8 Å². The molecule has 4 heterocycles. The van der Waals surface area contributed by atoms with Crippen LogP contribution in [0.3, 0.4) is 0 Å². The summed E-state index contributed by atoms with van der Waals surface area (Å²) in [5.41, 5.74) is 3.04. The zero-order valence-corrected chi connectivity index (χ0v) is 18.7. The summed E-state index contributed by atoms with van der Waals surface area (Å²) in [6.07, 6.45) is 6.09. The van der Waals surface area contributed by atoms with E-state index in [2.05, 4.69) is 15.3 Å². The predicted octanol–water partition coefficient (Wildman–Crippen LogP) is 2.86. The molecular weight excluding hydrogens is 437 g/mol. The normalized spacial score (nSPS) is 18.4. The second-order valence-corrected chi connectivity index (χ2v) is 8.68.